The van der Waals surface area contributed by atoms with E-state index in [0.717, 1.165) is 22.3 Å². The molecule has 0 aromatic heterocycles. The predicted molar refractivity (Wildman–Crippen MR) is 120 cm³/mol. The lowest BCUT2D eigenvalue weighted by molar-refractivity contribution is 0.0924. The molecule has 1 N–H and O–H groups in total. The Balaban J connectivity index is 1.41. The zero-order valence-corrected chi connectivity index (χ0v) is 18.1. The summed E-state index contributed by atoms with van der Waals surface area (Å²) < 4.78 is 11.4. The molecule has 0 saturated carbocycles. The molecular weight excluding hydrogens is 445 g/mol. The van der Waals surface area contributed by atoms with E-state index in [0.29, 0.717) is 33.8 Å². The lowest BCUT2D eigenvalue weighted by Crippen LogP contribution is -2.29. The third kappa shape index (κ3) is 4.84. The molecule has 1 amide bonds. The second-order valence-corrected chi connectivity index (χ2v) is 8.23. The molecule has 1 atom stereocenters. The summed E-state index contributed by atoms with van der Waals surface area (Å²) >= 11 is 18.7. The molecule has 0 radical (unpaired) electrons. The van der Waals surface area contributed by atoms with Crippen LogP contribution in [0.2, 0.25) is 15.1 Å². The van der Waals surface area contributed by atoms with Crippen LogP contribution in [-0.4, -0.2) is 18.8 Å². The molecule has 0 fully saturated rings. The van der Waals surface area contributed by atoms with E-state index in [2.05, 4.69) is 5.32 Å². The minimum Gasteiger partial charge on any atom is -0.486 e. The Bertz CT molecular complexity index is 1070. The minimum absolute atomic E-state index is 0.126. The van der Waals surface area contributed by atoms with Gasteiger partial charge < -0.3 is 14.8 Å². The summed E-state index contributed by atoms with van der Waals surface area (Å²) in [6.45, 7) is 0.529. The fourth-order valence-electron chi connectivity index (χ4n) is 3.39. The van der Waals surface area contributed by atoms with Gasteiger partial charge in [-0.15, -0.1) is 0 Å². The maximum atomic E-state index is 12.0. The predicted octanol–water partition coefficient (Wildman–Crippen LogP) is 6.54. The van der Waals surface area contributed by atoms with Gasteiger partial charge in [0, 0.05) is 39.7 Å². The maximum Gasteiger partial charge on any atom is 0.407 e. The van der Waals surface area contributed by atoms with Crippen molar-refractivity contribution in [3.63, 3.8) is 0 Å². The van der Waals surface area contributed by atoms with Gasteiger partial charge >= 0.3 is 6.09 Å². The first-order chi connectivity index (χ1) is 14.5. The highest BCUT2D eigenvalue weighted by Crippen LogP contribution is 2.43. The zero-order valence-electron chi connectivity index (χ0n) is 15.8. The number of ether oxygens (including phenoxy) is 2. The van der Waals surface area contributed by atoms with Crippen molar-refractivity contribution in [2.75, 3.05) is 6.61 Å². The highest BCUT2D eigenvalue weighted by Gasteiger charge is 2.28. The van der Waals surface area contributed by atoms with Crippen molar-refractivity contribution in [1.29, 1.82) is 0 Å². The first-order valence-electron chi connectivity index (χ1n) is 9.38. The Kier molecular flexibility index (Phi) is 6.38. The van der Waals surface area contributed by atoms with E-state index in [1.54, 1.807) is 12.1 Å². The normalized spacial score (nSPS) is 14.7. The molecule has 1 aliphatic rings. The third-order valence-electron chi connectivity index (χ3n) is 4.76. The van der Waals surface area contributed by atoms with Crippen molar-refractivity contribution >= 4 is 40.9 Å². The van der Waals surface area contributed by atoms with Crippen LogP contribution in [0.25, 0.3) is 11.1 Å². The molecule has 154 valence electrons. The van der Waals surface area contributed by atoms with Crippen molar-refractivity contribution in [3.8, 4) is 16.9 Å². The molecule has 3 aromatic carbocycles. The Morgan fingerprint density at radius 2 is 1.80 bits per heavy atom. The Labute approximate surface area is 189 Å². The number of nitrogens with one attached hydrogen (secondary N) is 1. The third-order valence-corrected chi connectivity index (χ3v) is 5.53. The first kappa shape index (κ1) is 20.9. The van der Waals surface area contributed by atoms with Crippen molar-refractivity contribution in [2.24, 2.45) is 0 Å². The first-order valence-corrected chi connectivity index (χ1v) is 10.5. The average Bonchev–Trinajstić information content (AvgIpc) is 3.14. The highest BCUT2D eigenvalue weighted by molar-refractivity contribution is 6.36. The van der Waals surface area contributed by atoms with Crippen LogP contribution in [0.4, 0.5) is 4.79 Å². The van der Waals surface area contributed by atoms with Crippen molar-refractivity contribution in [1.82, 2.24) is 5.32 Å². The van der Waals surface area contributed by atoms with Crippen LogP contribution in [0.3, 0.4) is 0 Å². The summed E-state index contributed by atoms with van der Waals surface area (Å²) in [4.78, 5) is 12.0. The number of rotatable bonds is 5. The summed E-state index contributed by atoms with van der Waals surface area (Å²) in [7, 11) is 0. The second kappa shape index (κ2) is 9.17. The minimum atomic E-state index is -0.489. The zero-order chi connectivity index (χ0) is 21.1. The van der Waals surface area contributed by atoms with Gasteiger partial charge in [-0.2, -0.15) is 0 Å². The number of amides is 1. The van der Waals surface area contributed by atoms with Gasteiger partial charge in [-0.3, -0.25) is 0 Å². The van der Waals surface area contributed by atoms with E-state index in [4.69, 9.17) is 44.3 Å². The van der Waals surface area contributed by atoms with E-state index in [1.807, 2.05) is 48.5 Å². The second-order valence-electron chi connectivity index (χ2n) is 6.95. The molecule has 1 aliphatic heterocycles. The number of fused-ring (bicyclic) bond motifs is 1. The van der Waals surface area contributed by atoms with Crippen LogP contribution in [0.5, 0.6) is 5.75 Å². The maximum absolute atomic E-state index is 12.0. The molecule has 7 heteroatoms. The van der Waals surface area contributed by atoms with Crippen LogP contribution < -0.4 is 10.1 Å². The summed E-state index contributed by atoms with van der Waals surface area (Å²) in [5.41, 5.74) is 3.51. The number of carbonyl (C=O) groups is 1. The molecule has 0 aliphatic carbocycles. The average molecular weight is 463 g/mol. The summed E-state index contributed by atoms with van der Waals surface area (Å²) in [5, 5.41) is 4.38. The summed E-state index contributed by atoms with van der Waals surface area (Å²) in [5.74, 6) is 0.696. The van der Waals surface area contributed by atoms with Gasteiger partial charge in [0.05, 0.1) is 5.02 Å². The summed E-state index contributed by atoms with van der Waals surface area (Å²) in [6.07, 6.45) is -0.205. The van der Waals surface area contributed by atoms with Gasteiger partial charge in [0.15, 0.2) is 0 Å². The van der Waals surface area contributed by atoms with Crippen LogP contribution in [0.15, 0.2) is 60.7 Å². The van der Waals surface area contributed by atoms with Crippen LogP contribution >= 0.6 is 34.8 Å². The number of halogens is 3. The molecule has 4 rings (SSSR count). The molecule has 4 nitrogen and oxygen atoms in total. The van der Waals surface area contributed by atoms with Gasteiger partial charge in [0.1, 0.15) is 18.5 Å². The topological polar surface area (TPSA) is 47.6 Å². The highest BCUT2D eigenvalue weighted by atomic mass is 35.5. The molecule has 0 bridgehead atoms. The molecule has 1 unspecified atom stereocenters. The van der Waals surface area contributed by atoms with Crippen molar-refractivity contribution in [3.05, 3.63) is 86.9 Å². The molecule has 3 aromatic rings. The van der Waals surface area contributed by atoms with Gasteiger partial charge in [-0.1, -0.05) is 71.2 Å². The van der Waals surface area contributed by atoms with Crippen molar-refractivity contribution < 1.29 is 14.3 Å². The van der Waals surface area contributed by atoms with Gasteiger partial charge in [0.2, 0.25) is 0 Å². The van der Waals surface area contributed by atoms with Crippen LogP contribution in [-0.2, 0) is 17.7 Å². The van der Waals surface area contributed by atoms with E-state index < -0.39 is 6.09 Å². The molecule has 0 saturated heterocycles. The molecule has 30 heavy (non-hydrogen) atoms. The largest absolute Gasteiger partial charge is 0.486 e. The standard InChI is InChI=1S/C23H18Cl3NO3/c24-16-6-7-19(21(26)11-16)20-10-17(25)8-15-9-18(30-22(15)20)13-29-23(28)27-12-14-4-2-1-3-5-14/h1-8,10-11,18H,9,12-13H2,(H,27,28). The number of alkyl carbamates (subject to hydrolysis) is 1. The van der Waals surface area contributed by atoms with E-state index in [-0.39, 0.29) is 12.7 Å². The monoisotopic (exact) mass is 461 g/mol. The fraction of sp³-hybridized carbons (Fsp3) is 0.174. The Morgan fingerprint density at radius 3 is 2.57 bits per heavy atom. The Hall–Kier alpha value is -2.40. The van der Waals surface area contributed by atoms with Crippen LogP contribution in [0, 0.1) is 0 Å². The number of benzene rings is 3. The van der Waals surface area contributed by atoms with Crippen LogP contribution in [0.1, 0.15) is 11.1 Å². The van der Waals surface area contributed by atoms with Crippen molar-refractivity contribution in [2.45, 2.75) is 19.1 Å². The lowest BCUT2D eigenvalue weighted by Gasteiger charge is -2.14. The molecule has 0 spiro atoms. The fourth-order valence-corrected chi connectivity index (χ4v) is 4.14. The number of hydrogen-bond acceptors (Lipinski definition) is 3. The van der Waals surface area contributed by atoms with E-state index in [1.165, 1.54) is 0 Å². The van der Waals surface area contributed by atoms with Gasteiger partial charge in [0.25, 0.3) is 0 Å². The van der Waals surface area contributed by atoms with Gasteiger partial charge in [-0.25, -0.2) is 4.79 Å². The smallest absolute Gasteiger partial charge is 0.407 e. The number of carbonyl (C=O) groups excluding carboxylic acids is 1. The number of hydrogen-bond donors (Lipinski definition) is 1. The quantitative estimate of drug-likeness (QED) is 0.468. The Morgan fingerprint density at radius 1 is 1.00 bits per heavy atom. The lowest BCUT2D eigenvalue weighted by atomic mass is 10.0. The summed E-state index contributed by atoms with van der Waals surface area (Å²) in [6, 6.07) is 18.6. The van der Waals surface area contributed by atoms with E-state index >= 15 is 0 Å². The molecular formula is C23H18Cl3NO3. The SMILES string of the molecule is O=C(NCc1ccccc1)OCC1Cc2cc(Cl)cc(-c3ccc(Cl)cc3Cl)c2O1. The van der Waals surface area contributed by atoms with Gasteiger partial charge in [-0.05, 0) is 29.8 Å². The molecule has 1 heterocycles. The van der Waals surface area contributed by atoms with E-state index in [9.17, 15) is 4.79 Å².